The van der Waals surface area contributed by atoms with E-state index in [0.717, 1.165) is 15.4 Å². The molecule has 3 aromatic rings. The Bertz CT molecular complexity index is 1300. The summed E-state index contributed by atoms with van der Waals surface area (Å²) in [5.74, 6) is 0.227. The van der Waals surface area contributed by atoms with Gasteiger partial charge in [-0.25, -0.2) is 9.52 Å². The van der Waals surface area contributed by atoms with Crippen molar-refractivity contribution in [3.8, 4) is 5.75 Å². The molecule has 1 atom stereocenters. The lowest BCUT2D eigenvalue weighted by Crippen LogP contribution is -2.54. The van der Waals surface area contributed by atoms with Crippen LogP contribution < -0.4 is 24.0 Å². The third-order valence-electron chi connectivity index (χ3n) is 5.71. The highest BCUT2D eigenvalue weighted by molar-refractivity contribution is 7.91. The lowest BCUT2D eigenvalue weighted by molar-refractivity contribution is -0.120. The zero-order valence-electron chi connectivity index (χ0n) is 20.6. The first kappa shape index (κ1) is 26.6. The van der Waals surface area contributed by atoms with Gasteiger partial charge in [0.1, 0.15) is 11.8 Å². The van der Waals surface area contributed by atoms with E-state index in [9.17, 15) is 18.0 Å². The normalized spacial score (nSPS) is 11.8. The van der Waals surface area contributed by atoms with Crippen molar-refractivity contribution >= 4 is 33.5 Å². The molecular weight excluding hydrogens is 480 g/mol. The molecule has 0 aliphatic heterocycles. The number of para-hydroxylation sites is 1. The maximum absolute atomic E-state index is 13.4. The van der Waals surface area contributed by atoms with Crippen molar-refractivity contribution in [1.82, 2.24) is 10.0 Å². The number of anilines is 2. The van der Waals surface area contributed by atoms with Crippen LogP contribution in [0.3, 0.4) is 0 Å². The SMILES string of the molecule is COc1ccc(N(C)C(=O)[C@H](Cc2ccccc2)NC(=O)NS(=O)(=O)N(C)c2ccccc2C)cc1. The Hall–Kier alpha value is -4.05. The Morgan fingerprint density at radius 2 is 1.53 bits per heavy atom. The van der Waals surface area contributed by atoms with Crippen LogP contribution in [0.4, 0.5) is 16.2 Å². The fraction of sp³-hybridized carbons (Fsp3) is 0.231. The van der Waals surface area contributed by atoms with Gasteiger partial charge in [0, 0.05) is 26.2 Å². The molecule has 2 N–H and O–H groups in total. The van der Waals surface area contributed by atoms with E-state index < -0.39 is 28.2 Å². The van der Waals surface area contributed by atoms with E-state index in [1.54, 1.807) is 69.6 Å². The molecule has 10 heteroatoms. The second kappa shape index (κ2) is 11.6. The van der Waals surface area contributed by atoms with Gasteiger partial charge >= 0.3 is 16.2 Å². The minimum Gasteiger partial charge on any atom is -0.497 e. The molecule has 36 heavy (non-hydrogen) atoms. The number of carbonyl (C=O) groups is 2. The van der Waals surface area contributed by atoms with Gasteiger partial charge in [-0.05, 0) is 48.4 Å². The molecule has 0 unspecified atom stereocenters. The van der Waals surface area contributed by atoms with Crippen LogP contribution >= 0.6 is 0 Å². The van der Waals surface area contributed by atoms with Crippen molar-refractivity contribution in [2.45, 2.75) is 19.4 Å². The number of aryl methyl sites for hydroxylation is 1. The molecule has 9 nitrogen and oxygen atoms in total. The summed E-state index contributed by atoms with van der Waals surface area (Å²) in [6, 6.07) is 20.9. The molecule has 0 fully saturated rings. The van der Waals surface area contributed by atoms with Crippen LogP contribution in [-0.4, -0.2) is 47.6 Å². The third kappa shape index (κ3) is 6.54. The van der Waals surface area contributed by atoms with Crippen LogP contribution in [0, 0.1) is 6.92 Å². The number of carbonyl (C=O) groups excluding carboxylic acids is 2. The maximum atomic E-state index is 13.4. The summed E-state index contributed by atoms with van der Waals surface area (Å²) < 4.78 is 33.9. The quantitative estimate of drug-likeness (QED) is 0.459. The first-order chi connectivity index (χ1) is 17.1. The summed E-state index contributed by atoms with van der Waals surface area (Å²) in [5, 5.41) is 2.54. The molecule has 0 radical (unpaired) electrons. The molecule has 0 heterocycles. The molecule has 0 aliphatic rings. The fourth-order valence-corrected chi connectivity index (χ4v) is 4.53. The summed E-state index contributed by atoms with van der Waals surface area (Å²) in [5.41, 5.74) is 2.55. The minimum absolute atomic E-state index is 0.168. The molecule has 0 aromatic heterocycles. The molecule has 0 spiro atoms. The number of nitrogens with zero attached hydrogens (tertiary/aromatic N) is 2. The second-order valence-electron chi connectivity index (χ2n) is 8.17. The monoisotopic (exact) mass is 510 g/mol. The van der Waals surface area contributed by atoms with Crippen molar-refractivity contribution in [2.24, 2.45) is 0 Å². The molecule has 0 aliphatic carbocycles. The standard InChI is InChI=1S/C26H30N4O5S/c1-19-10-8-9-13-24(19)30(3)36(33,34)28-26(32)27-23(18-20-11-6-5-7-12-20)25(31)29(2)21-14-16-22(35-4)17-15-21/h5-17,23H,18H2,1-4H3,(H2,27,28,32)/t23-/m0/s1. The topological polar surface area (TPSA) is 108 Å². The van der Waals surface area contributed by atoms with Crippen LogP contribution in [0.5, 0.6) is 5.75 Å². The number of ether oxygens (including phenoxy) is 1. The maximum Gasteiger partial charge on any atom is 0.330 e. The van der Waals surface area contributed by atoms with Crippen molar-refractivity contribution in [3.63, 3.8) is 0 Å². The van der Waals surface area contributed by atoms with Gasteiger partial charge in [-0.15, -0.1) is 0 Å². The minimum atomic E-state index is -4.23. The molecule has 0 saturated carbocycles. The van der Waals surface area contributed by atoms with Crippen molar-refractivity contribution in [1.29, 1.82) is 0 Å². The van der Waals surface area contributed by atoms with Gasteiger partial charge < -0.3 is 15.0 Å². The Kier molecular flexibility index (Phi) is 8.55. The van der Waals surface area contributed by atoms with E-state index in [0.29, 0.717) is 17.1 Å². The van der Waals surface area contributed by atoms with E-state index in [4.69, 9.17) is 4.74 Å². The molecule has 0 bridgehead atoms. The fourth-order valence-electron chi connectivity index (χ4n) is 3.64. The first-order valence-electron chi connectivity index (χ1n) is 11.2. The average Bonchev–Trinajstić information content (AvgIpc) is 2.87. The summed E-state index contributed by atoms with van der Waals surface area (Å²) in [6.07, 6.45) is 0.168. The Morgan fingerprint density at radius 3 is 2.14 bits per heavy atom. The number of benzene rings is 3. The van der Waals surface area contributed by atoms with Gasteiger partial charge in [-0.1, -0.05) is 48.5 Å². The number of hydrogen-bond donors (Lipinski definition) is 2. The van der Waals surface area contributed by atoms with Crippen molar-refractivity contribution in [3.05, 3.63) is 90.0 Å². The number of amides is 3. The van der Waals surface area contributed by atoms with E-state index in [1.165, 1.54) is 11.9 Å². The predicted molar refractivity (Wildman–Crippen MR) is 141 cm³/mol. The number of urea groups is 1. The van der Waals surface area contributed by atoms with Gasteiger partial charge in [0.05, 0.1) is 12.8 Å². The summed E-state index contributed by atoms with van der Waals surface area (Å²) in [4.78, 5) is 27.6. The van der Waals surface area contributed by atoms with Gasteiger partial charge in [0.15, 0.2) is 0 Å². The van der Waals surface area contributed by atoms with Crippen molar-refractivity contribution in [2.75, 3.05) is 30.4 Å². The number of rotatable bonds is 9. The van der Waals surface area contributed by atoms with Crippen LogP contribution in [-0.2, 0) is 21.4 Å². The third-order valence-corrected chi connectivity index (χ3v) is 7.07. The van der Waals surface area contributed by atoms with Crippen LogP contribution in [0.25, 0.3) is 0 Å². The predicted octanol–water partition coefficient (Wildman–Crippen LogP) is 3.26. The summed E-state index contributed by atoms with van der Waals surface area (Å²) in [7, 11) is 0.259. The average molecular weight is 511 g/mol. The smallest absolute Gasteiger partial charge is 0.330 e. The van der Waals surface area contributed by atoms with Crippen LogP contribution in [0.1, 0.15) is 11.1 Å². The van der Waals surface area contributed by atoms with E-state index >= 15 is 0 Å². The Morgan fingerprint density at radius 1 is 0.917 bits per heavy atom. The number of hydrogen-bond acceptors (Lipinski definition) is 5. The Labute approximate surface area is 211 Å². The van der Waals surface area contributed by atoms with Crippen molar-refractivity contribution < 1.29 is 22.7 Å². The van der Waals surface area contributed by atoms with E-state index in [2.05, 4.69) is 5.32 Å². The lowest BCUT2D eigenvalue weighted by atomic mass is 10.0. The highest BCUT2D eigenvalue weighted by Gasteiger charge is 2.28. The van der Waals surface area contributed by atoms with Gasteiger partial charge in [0.25, 0.3) is 0 Å². The van der Waals surface area contributed by atoms with E-state index in [1.807, 2.05) is 35.1 Å². The number of nitrogens with one attached hydrogen (secondary N) is 2. The van der Waals surface area contributed by atoms with Crippen LogP contribution in [0.15, 0.2) is 78.9 Å². The highest BCUT2D eigenvalue weighted by atomic mass is 32.2. The zero-order valence-corrected chi connectivity index (χ0v) is 21.5. The second-order valence-corrected chi connectivity index (χ2v) is 9.87. The molecule has 3 rings (SSSR count). The van der Waals surface area contributed by atoms with Gasteiger partial charge in [-0.3, -0.25) is 9.10 Å². The van der Waals surface area contributed by atoms with Gasteiger partial charge in [-0.2, -0.15) is 8.42 Å². The highest BCUT2D eigenvalue weighted by Crippen LogP contribution is 2.21. The molecule has 0 saturated heterocycles. The Balaban J connectivity index is 1.79. The summed E-state index contributed by atoms with van der Waals surface area (Å²) in [6.45, 7) is 1.77. The number of likely N-dealkylation sites (N-methyl/N-ethyl adjacent to an activating group) is 1. The summed E-state index contributed by atoms with van der Waals surface area (Å²) >= 11 is 0. The molecule has 190 valence electrons. The largest absolute Gasteiger partial charge is 0.497 e. The molecule has 3 amide bonds. The number of methoxy groups -OCH3 is 1. The van der Waals surface area contributed by atoms with Gasteiger partial charge in [0.2, 0.25) is 5.91 Å². The lowest BCUT2D eigenvalue weighted by Gasteiger charge is -2.26. The molecular formula is C26H30N4O5S. The van der Waals surface area contributed by atoms with Crippen LogP contribution in [0.2, 0.25) is 0 Å². The molecule has 3 aromatic carbocycles. The zero-order chi connectivity index (χ0) is 26.3. The first-order valence-corrected chi connectivity index (χ1v) is 12.6. The van der Waals surface area contributed by atoms with E-state index in [-0.39, 0.29) is 6.42 Å².